The fourth-order valence-electron chi connectivity index (χ4n) is 9.14. The van der Waals surface area contributed by atoms with Gasteiger partial charge in [0.05, 0.1) is 10.3 Å². The highest BCUT2D eigenvalue weighted by atomic mass is 32.2. The second-order valence-corrected chi connectivity index (χ2v) is 19.4. The molecule has 2 N–H and O–H groups in total. The summed E-state index contributed by atoms with van der Waals surface area (Å²) in [5.41, 5.74) is 9.90. The van der Waals surface area contributed by atoms with Crippen molar-refractivity contribution in [2.75, 3.05) is 11.9 Å². The van der Waals surface area contributed by atoms with Gasteiger partial charge < -0.3 is 14.9 Å². The van der Waals surface area contributed by atoms with Crippen LogP contribution in [-0.2, 0) is 46.6 Å². The molecule has 63 heavy (non-hydrogen) atoms. The zero-order valence-electron chi connectivity index (χ0n) is 37.2. The van der Waals surface area contributed by atoms with Crippen molar-refractivity contribution in [3.8, 4) is 5.75 Å². The molecule has 0 saturated carbocycles. The number of aryl methyl sites for hydroxylation is 1. The van der Waals surface area contributed by atoms with Crippen LogP contribution in [0.5, 0.6) is 5.75 Å². The lowest BCUT2D eigenvalue weighted by atomic mass is 9.81. The molecule has 0 aromatic heterocycles. The number of anilines is 1. The van der Waals surface area contributed by atoms with Gasteiger partial charge in [0.2, 0.25) is 5.69 Å². The fourth-order valence-corrected chi connectivity index (χ4v) is 9.62. The smallest absolute Gasteiger partial charge is 0.333 e. The number of para-hydroxylation sites is 2. The lowest BCUT2D eigenvalue weighted by Crippen LogP contribution is -2.31. The molecule has 1 aliphatic carbocycles. The third-order valence-corrected chi connectivity index (χ3v) is 13.6. The second kappa shape index (κ2) is 19.0. The Morgan fingerprint density at radius 3 is 2.29 bits per heavy atom. The van der Waals surface area contributed by atoms with Gasteiger partial charge in [-0.1, -0.05) is 76.1 Å². The minimum Gasteiger partial charge on any atom is -0.457 e. The van der Waals surface area contributed by atoms with Crippen LogP contribution in [0.15, 0.2) is 119 Å². The Labute approximate surface area is 372 Å². The molecule has 2 amide bonds. The largest absolute Gasteiger partial charge is 0.457 e. The van der Waals surface area contributed by atoms with Crippen LogP contribution < -0.4 is 10.1 Å². The molecule has 0 unspecified atom stereocenters. The number of fused-ring (bicyclic) bond motifs is 2. The number of hydrogen-bond donors (Lipinski definition) is 2. The topological polar surface area (TPSA) is 142 Å². The van der Waals surface area contributed by atoms with E-state index in [1.807, 2.05) is 6.07 Å². The number of carbonyl (C=O) groups is 3. The van der Waals surface area contributed by atoms with Crippen molar-refractivity contribution in [3.63, 3.8) is 0 Å². The van der Waals surface area contributed by atoms with E-state index in [0.717, 1.165) is 73.2 Å². The van der Waals surface area contributed by atoms with E-state index in [1.54, 1.807) is 12.1 Å². The standard InChI is InChI=1S/C51H59N3O8S/c1-6-7-9-16-35-17-15-21-41-48(35)52-43(50(41,2)3)30-24-36-18-14-19-37(49(36)61-38-26-28-39(29-27-38)63(58,59)60)25-31-44-51(4,5)40-20-11-12-22-42(40)53(44)34-13-8-10-23-47(57)62-54-45(55)32-33-46(54)56/h11-12,15,17,20-22,24-31H,6-10,13-14,16,18-19,23,32-34H2,1-5H3,(H,58,59,60)/p+1. The maximum absolute atomic E-state index is 12.5. The van der Waals surface area contributed by atoms with Gasteiger partial charge in [0.25, 0.3) is 21.9 Å². The van der Waals surface area contributed by atoms with Gasteiger partial charge in [0, 0.05) is 60.2 Å². The van der Waals surface area contributed by atoms with Crippen LogP contribution in [0.2, 0.25) is 0 Å². The van der Waals surface area contributed by atoms with Crippen molar-refractivity contribution >= 4 is 45.0 Å². The van der Waals surface area contributed by atoms with E-state index >= 15 is 0 Å². The number of nitrogens with zero attached hydrogens (tertiary/aromatic N) is 2. The highest BCUT2D eigenvalue weighted by Crippen LogP contribution is 2.46. The van der Waals surface area contributed by atoms with Gasteiger partial charge in [0.1, 0.15) is 18.1 Å². The second-order valence-electron chi connectivity index (χ2n) is 17.9. The number of nitrogens with one attached hydrogen (secondary N) is 1. The number of hydroxylamine groups is 2. The molecule has 4 aliphatic rings. The lowest BCUT2D eigenvalue weighted by molar-refractivity contribution is -0.438. The van der Waals surface area contributed by atoms with E-state index in [9.17, 15) is 27.4 Å². The summed E-state index contributed by atoms with van der Waals surface area (Å²) < 4.78 is 42.5. The molecule has 1 saturated heterocycles. The van der Waals surface area contributed by atoms with Crippen LogP contribution in [0.25, 0.3) is 0 Å². The highest BCUT2D eigenvalue weighted by Gasteiger charge is 2.44. The Balaban J connectivity index is 1.18. The van der Waals surface area contributed by atoms with Gasteiger partial charge in [-0.15, -0.1) is 5.06 Å². The normalized spacial score (nSPS) is 19.4. The summed E-state index contributed by atoms with van der Waals surface area (Å²) >= 11 is 0. The van der Waals surface area contributed by atoms with Gasteiger partial charge in [-0.3, -0.25) is 14.1 Å². The average molecular weight is 875 g/mol. The highest BCUT2D eigenvalue weighted by molar-refractivity contribution is 7.85. The number of unbranched alkanes of at least 4 members (excludes halogenated alkanes) is 4. The summed E-state index contributed by atoms with van der Waals surface area (Å²) in [5.74, 6) is -0.376. The average Bonchev–Trinajstić information content (AvgIpc) is 3.79. The Bertz CT molecular complexity index is 2530. The quantitative estimate of drug-likeness (QED) is 0.0586. The van der Waals surface area contributed by atoms with E-state index in [2.05, 4.69) is 105 Å². The number of amides is 2. The van der Waals surface area contributed by atoms with Crippen LogP contribution in [0.1, 0.15) is 128 Å². The van der Waals surface area contributed by atoms with E-state index in [-0.39, 0.29) is 35.0 Å². The molecule has 3 heterocycles. The zero-order valence-corrected chi connectivity index (χ0v) is 38.0. The molecular weight excluding hydrogens is 815 g/mol. The van der Waals surface area contributed by atoms with Gasteiger partial charge in [-0.2, -0.15) is 13.0 Å². The number of rotatable bonds is 17. The zero-order chi connectivity index (χ0) is 44.9. The summed E-state index contributed by atoms with van der Waals surface area (Å²) in [6.07, 6.45) is 18.0. The molecule has 12 heteroatoms. The molecule has 332 valence electrons. The summed E-state index contributed by atoms with van der Waals surface area (Å²) in [5, 5.41) is 4.40. The van der Waals surface area contributed by atoms with Gasteiger partial charge in [0.15, 0.2) is 5.71 Å². The molecule has 0 radical (unpaired) electrons. The van der Waals surface area contributed by atoms with Crippen molar-refractivity contribution in [3.05, 3.63) is 130 Å². The van der Waals surface area contributed by atoms with Gasteiger partial charge in [-0.05, 0) is 117 Å². The molecule has 0 bridgehead atoms. The molecule has 3 aliphatic heterocycles. The Hall–Kier alpha value is -5.59. The van der Waals surface area contributed by atoms with E-state index < -0.39 is 27.9 Å². The summed E-state index contributed by atoms with van der Waals surface area (Å²) in [4.78, 5) is 41.1. The molecule has 11 nitrogen and oxygen atoms in total. The maximum atomic E-state index is 12.5. The molecular formula is C51H60N3O8S+. The van der Waals surface area contributed by atoms with Crippen molar-refractivity contribution in [2.24, 2.45) is 0 Å². The van der Waals surface area contributed by atoms with Crippen LogP contribution in [0, 0.1) is 0 Å². The number of carbonyl (C=O) groups excluding carboxylic acids is 3. The van der Waals surface area contributed by atoms with Crippen molar-refractivity contribution in [1.82, 2.24) is 5.06 Å². The fraction of sp³-hybridized carbons (Fsp3) is 0.412. The van der Waals surface area contributed by atoms with Crippen molar-refractivity contribution in [1.29, 1.82) is 0 Å². The predicted molar refractivity (Wildman–Crippen MR) is 244 cm³/mol. The first-order chi connectivity index (χ1) is 30.1. The van der Waals surface area contributed by atoms with E-state index in [1.165, 1.54) is 47.4 Å². The van der Waals surface area contributed by atoms with Crippen molar-refractivity contribution in [2.45, 2.75) is 134 Å². The molecule has 3 aromatic rings. The Morgan fingerprint density at radius 2 is 1.56 bits per heavy atom. The molecule has 7 rings (SSSR count). The van der Waals surface area contributed by atoms with E-state index in [4.69, 9.17) is 9.57 Å². The molecule has 0 atom stereocenters. The third-order valence-electron chi connectivity index (χ3n) is 12.8. The minimum atomic E-state index is -4.37. The SMILES string of the molecule is CCCCCc1cccc2c1N/C(=C/C=C1CCCC(/C=C/C3=[N+](CCCCCC(=O)ON4C(=O)CCC4=O)c4ccccc4C3(C)C)=C1Oc1ccc(S(=O)(=O)O)cc1)C2(C)C. The Kier molecular flexibility index (Phi) is 13.7. The van der Waals surface area contributed by atoms with Crippen molar-refractivity contribution < 1.29 is 41.5 Å². The first-order valence-electron chi connectivity index (χ1n) is 22.4. The van der Waals surface area contributed by atoms with Gasteiger partial charge in [-0.25, -0.2) is 4.79 Å². The first-order valence-corrected chi connectivity index (χ1v) is 23.8. The van der Waals surface area contributed by atoms with Crippen LogP contribution in [0.3, 0.4) is 0 Å². The van der Waals surface area contributed by atoms with Crippen LogP contribution in [-0.4, -0.2) is 52.6 Å². The third kappa shape index (κ3) is 9.97. The molecule has 1 fully saturated rings. The Morgan fingerprint density at radius 1 is 0.825 bits per heavy atom. The van der Waals surface area contributed by atoms with Gasteiger partial charge >= 0.3 is 5.97 Å². The number of ether oxygens (including phenoxy) is 1. The maximum Gasteiger partial charge on any atom is 0.333 e. The monoisotopic (exact) mass is 874 g/mol. The molecule has 3 aromatic carbocycles. The number of benzene rings is 3. The summed E-state index contributed by atoms with van der Waals surface area (Å²) in [6, 6.07) is 20.9. The summed E-state index contributed by atoms with van der Waals surface area (Å²) in [7, 11) is -4.37. The molecule has 0 spiro atoms. The number of imide groups is 1. The van der Waals surface area contributed by atoms with E-state index in [0.29, 0.717) is 29.5 Å². The first kappa shape index (κ1) is 45.4. The minimum absolute atomic E-state index is 0.0635. The van der Waals surface area contributed by atoms with Crippen LogP contribution >= 0.6 is 0 Å². The predicted octanol–water partition coefficient (Wildman–Crippen LogP) is 10.5. The number of allylic oxidation sites excluding steroid dienone is 7. The lowest BCUT2D eigenvalue weighted by Gasteiger charge is -2.23. The number of hydrogen-bond acceptors (Lipinski definition) is 8. The van der Waals surface area contributed by atoms with Crippen LogP contribution in [0.4, 0.5) is 11.4 Å². The summed E-state index contributed by atoms with van der Waals surface area (Å²) in [6.45, 7) is 11.9.